The molecule has 15 heavy (non-hydrogen) atoms. The number of hydrogen-bond donors (Lipinski definition) is 2. The molecule has 1 atom stereocenters. The van der Waals surface area contributed by atoms with Crippen molar-refractivity contribution in [1.82, 2.24) is 0 Å². The Morgan fingerprint density at radius 2 is 2.40 bits per heavy atom. The summed E-state index contributed by atoms with van der Waals surface area (Å²) >= 11 is 0. The summed E-state index contributed by atoms with van der Waals surface area (Å²) in [5, 5.41) is 9.58. The summed E-state index contributed by atoms with van der Waals surface area (Å²) in [6.45, 7) is -0.110. The van der Waals surface area contributed by atoms with E-state index in [9.17, 15) is 9.90 Å². The van der Waals surface area contributed by atoms with E-state index in [4.69, 9.17) is 10.5 Å². The van der Waals surface area contributed by atoms with E-state index in [1.165, 1.54) is 0 Å². The fourth-order valence-corrected chi connectivity index (χ4v) is 1.82. The summed E-state index contributed by atoms with van der Waals surface area (Å²) < 4.78 is 5.17. The minimum Gasteiger partial charge on any atom is -0.484 e. The van der Waals surface area contributed by atoms with Gasteiger partial charge >= 0.3 is 0 Å². The maximum absolute atomic E-state index is 10.5. The molecule has 3 N–H and O–H groups in total. The van der Waals surface area contributed by atoms with E-state index in [0.29, 0.717) is 5.75 Å². The molecule has 80 valence electrons. The van der Waals surface area contributed by atoms with E-state index in [1.807, 2.05) is 12.1 Å². The molecule has 0 fully saturated rings. The van der Waals surface area contributed by atoms with Crippen LogP contribution in [0.4, 0.5) is 0 Å². The van der Waals surface area contributed by atoms with Gasteiger partial charge in [-0.05, 0) is 36.1 Å². The first-order valence-electron chi connectivity index (χ1n) is 4.89. The fraction of sp³-hybridized carbons (Fsp3) is 0.364. The second-order valence-electron chi connectivity index (χ2n) is 3.67. The number of amides is 1. The predicted molar refractivity (Wildman–Crippen MR) is 54.4 cm³/mol. The average Bonchev–Trinajstić information content (AvgIpc) is 2.57. The number of carbonyl (C=O) groups excluding carboxylic acids is 1. The predicted octanol–water partition coefficient (Wildman–Crippen LogP) is 0.530. The average molecular weight is 207 g/mol. The van der Waals surface area contributed by atoms with Crippen LogP contribution in [0.3, 0.4) is 0 Å². The van der Waals surface area contributed by atoms with Crippen molar-refractivity contribution in [2.75, 3.05) is 6.61 Å². The van der Waals surface area contributed by atoms with Crippen LogP contribution in [0.1, 0.15) is 23.7 Å². The van der Waals surface area contributed by atoms with Gasteiger partial charge in [0, 0.05) is 0 Å². The third-order valence-electron chi connectivity index (χ3n) is 2.54. The lowest BCUT2D eigenvalue weighted by Gasteiger charge is -2.07. The van der Waals surface area contributed by atoms with Gasteiger partial charge in [0.15, 0.2) is 6.61 Å². The summed E-state index contributed by atoms with van der Waals surface area (Å²) in [5.41, 5.74) is 7.02. The molecule has 4 heteroatoms. The van der Waals surface area contributed by atoms with Crippen LogP contribution in [0, 0.1) is 0 Å². The monoisotopic (exact) mass is 207 g/mol. The van der Waals surface area contributed by atoms with Crippen molar-refractivity contribution in [3.05, 3.63) is 29.3 Å². The lowest BCUT2D eigenvalue weighted by Crippen LogP contribution is -2.20. The lowest BCUT2D eigenvalue weighted by molar-refractivity contribution is -0.119. The Morgan fingerprint density at radius 3 is 3.13 bits per heavy atom. The largest absolute Gasteiger partial charge is 0.484 e. The molecule has 0 heterocycles. The number of nitrogens with two attached hydrogens (primary N) is 1. The van der Waals surface area contributed by atoms with Crippen molar-refractivity contribution in [3.63, 3.8) is 0 Å². The molecule has 1 aliphatic carbocycles. The van der Waals surface area contributed by atoms with Crippen molar-refractivity contribution in [3.8, 4) is 5.75 Å². The molecular formula is C11H13NO3. The number of hydrogen-bond acceptors (Lipinski definition) is 3. The molecular weight excluding hydrogens is 194 g/mol. The summed E-state index contributed by atoms with van der Waals surface area (Å²) in [6, 6.07) is 5.44. The number of primary amides is 1. The van der Waals surface area contributed by atoms with Gasteiger partial charge in [0.2, 0.25) is 0 Å². The zero-order valence-electron chi connectivity index (χ0n) is 8.27. The second kappa shape index (κ2) is 3.90. The van der Waals surface area contributed by atoms with Gasteiger partial charge in [-0.15, -0.1) is 0 Å². The van der Waals surface area contributed by atoms with E-state index in [-0.39, 0.29) is 12.7 Å². The molecule has 0 aliphatic heterocycles. The number of aliphatic hydroxyl groups excluding tert-OH is 1. The first-order chi connectivity index (χ1) is 7.16. The minimum absolute atomic E-state index is 0.110. The Kier molecular flexibility index (Phi) is 2.60. The first kappa shape index (κ1) is 9.98. The number of rotatable bonds is 3. The topological polar surface area (TPSA) is 72.6 Å². The molecule has 1 aromatic carbocycles. The standard InChI is InChI=1S/C11H13NO3/c12-11(14)6-15-8-2-3-9-7(5-8)1-4-10(9)13/h2-3,5,10,13H,1,4,6H2,(H2,12,14)/t10-/m0/s1. The van der Waals surface area contributed by atoms with Crippen LogP contribution in [0.5, 0.6) is 5.75 Å². The minimum atomic E-state index is -0.490. The normalized spacial score (nSPS) is 18.6. The highest BCUT2D eigenvalue weighted by atomic mass is 16.5. The highest BCUT2D eigenvalue weighted by molar-refractivity contribution is 5.75. The van der Waals surface area contributed by atoms with Crippen molar-refractivity contribution < 1.29 is 14.6 Å². The van der Waals surface area contributed by atoms with E-state index in [2.05, 4.69) is 0 Å². The Labute approximate surface area is 87.7 Å². The number of ether oxygens (including phenoxy) is 1. The van der Waals surface area contributed by atoms with Crippen LogP contribution in [0.15, 0.2) is 18.2 Å². The Hall–Kier alpha value is -1.55. The van der Waals surface area contributed by atoms with Gasteiger partial charge in [0.05, 0.1) is 6.10 Å². The number of benzene rings is 1. The molecule has 1 amide bonds. The maximum atomic E-state index is 10.5. The van der Waals surface area contributed by atoms with Crippen molar-refractivity contribution in [2.45, 2.75) is 18.9 Å². The summed E-state index contributed by atoms with van der Waals surface area (Å²) in [5.74, 6) is 0.136. The zero-order chi connectivity index (χ0) is 10.8. The van der Waals surface area contributed by atoms with E-state index in [0.717, 1.165) is 24.0 Å². The first-order valence-corrected chi connectivity index (χ1v) is 4.89. The highest BCUT2D eigenvalue weighted by Crippen LogP contribution is 2.33. The van der Waals surface area contributed by atoms with Gasteiger partial charge in [0.1, 0.15) is 5.75 Å². The quantitative estimate of drug-likeness (QED) is 0.759. The maximum Gasteiger partial charge on any atom is 0.255 e. The lowest BCUT2D eigenvalue weighted by atomic mass is 10.1. The molecule has 1 aromatic rings. The van der Waals surface area contributed by atoms with Crippen LogP contribution < -0.4 is 10.5 Å². The van der Waals surface area contributed by atoms with Crippen LogP contribution in [0.2, 0.25) is 0 Å². The SMILES string of the molecule is NC(=O)COc1ccc2c(c1)CC[C@@H]2O. The molecule has 0 unspecified atom stereocenters. The van der Waals surface area contributed by atoms with Crippen LogP contribution >= 0.6 is 0 Å². The molecule has 0 spiro atoms. The van der Waals surface area contributed by atoms with Crippen molar-refractivity contribution in [1.29, 1.82) is 0 Å². The molecule has 0 saturated carbocycles. The Bertz CT molecular complexity index is 389. The summed E-state index contributed by atoms with van der Waals surface area (Å²) in [4.78, 5) is 10.5. The number of aryl methyl sites for hydroxylation is 1. The van der Waals surface area contributed by atoms with Crippen LogP contribution in [-0.4, -0.2) is 17.6 Å². The number of aliphatic hydroxyl groups is 1. The third kappa shape index (κ3) is 2.10. The Morgan fingerprint density at radius 1 is 1.60 bits per heavy atom. The van der Waals surface area contributed by atoms with Gasteiger partial charge in [-0.2, -0.15) is 0 Å². The third-order valence-corrected chi connectivity index (χ3v) is 2.54. The molecule has 0 radical (unpaired) electrons. The zero-order valence-corrected chi connectivity index (χ0v) is 8.27. The fourth-order valence-electron chi connectivity index (χ4n) is 1.82. The van der Waals surface area contributed by atoms with Gasteiger partial charge < -0.3 is 15.6 Å². The number of carbonyl (C=O) groups is 1. The van der Waals surface area contributed by atoms with Crippen LogP contribution in [-0.2, 0) is 11.2 Å². The van der Waals surface area contributed by atoms with E-state index >= 15 is 0 Å². The van der Waals surface area contributed by atoms with Crippen LogP contribution in [0.25, 0.3) is 0 Å². The molecule has 1 aliphatic rings. The summed E-state index contributed by atoms with van der Waals surface area (Å²) in [6.07, 6.45) is 1.25. The van der Waals surface area contributed by atoms with Crippen molar-refractivity contribution >= 4 is 5.91 Å². The van der Waals surface area contributed by atoms with Gasteiger partial charge in [-0.1, -0.05) is 6.07 Å². The molecule has 0 aromatic heterocycles. The number of fused-ring (bicyclic) bond motifs is 1. The highest BCUT2D eigenvalue weighted by Gasteiger charge is 2.20. The second-order valence-corrected chi connectivity index (χ2v) is 3.67. The molecule has 4 nitrogen and oxygen atoms in total. The smallest absolute Gasteiger partial charge is 0.255 e. The van der Waals surface area contributed by atoms with E-state index in [1.54, 1.807) is 6.07 Å². The molecule has 0 bridgehead atoms. The van der Waals surface area contributed by atoms with Gasteiger partial charge in [-0.25, -0.2) is 0 Å². The van der Waals surface area contributed by atoms with Gasteiger partial charge in [0.25, 0.3) is 5.91 Å². The molecule has 0 saturated heterocycles. The van der Waals surface area contributed by atoms with Crippen molar-refractivity contribution in [2.24, 2.45) is 5.73 Å². The summed E-state index contributed by atoms with van der Waals surface area (Å²) in [7, 11) is 0. The Balaban J connectivity index is 2.12. The van der Waals surface area contributed by atoms with E-state index < -0.39 is 5.91 Å². The molecule has 2 rings (SSSR count). The van der Waals surface area contributed by atoms with Gasteiger partial charge in [-0.3, -0.25) is 4.79 Å².